The number of nitrogens with one attached hydrogen (secondary N) is 2. The molecule has 2 unspecified atom stereocenters. The van der Waals surface area contributed by atoms with Crippen LogP contribution in [0.3, 0.4) is 0 Å². The second kappa shape index (κ2) is 6.26. The fourth-order valence-corrected chi connectivity index (χ4v) is 4.30. The largest absolute Gasteiger partial charge is 0.322 e. The zero-order valence-electron chi connectivity index (χ0n) is 14.4. The number of piperidine rings is 2. The number of rotatable bonds is 2. The minimum absolute atomic E-state index is 0.101. The molecule has 0 spiro atoms. The van der Waals surface area contributed by atoms with Crippen molar-refractivity contribution >= 4 is 17.7 Å². The summed E-state index contributed by atoms with van der Waals surface area (Å²) in [6.45, 7) is 3.56. The molecule has 0 bridgehead atoms. The van der Waals surface area contributed by atoms with E-state index in [1.165, 1.54) is 18.4 Å². The summed E-state index contributed by atoms with van der Waals surface area (Å²) in [5.41, 5.74) is 4.14. The molecule has 3 amide bonds. The average Bonchev–Trinajstić information content (AvgIpc) is 2.94. The number of benzene rings is 1. The molecule has 2 saturated heterocycles. The average molecular weight is 341 g/mol. The predicted molar refractivity (Wildman–Crippen MR) is 91.8 cm³/mol. The minimum Gasteiger partial charge on any atom is -0.322 e. The highest BCUT2D eigenvalue weighted by molar-refractivity contribution is 6.05. The van der Waals surface area contributed by atoms with Crippen LogP contribution in [0.4, 0.5) is 0 Å². The summed E-state index contributed by atoms with van der Waals surface area (Å²) in [6.07, 6.45) is 4.23. The highest BCUT2D eigenvalue weighted by Crippen LogP contribution is 2.34. The van der Waals surface area contributed by atoms with Gasteiger partial charge in [0.1, 0.15) is 6.04 Å². The third-order valence-corrected chi connectivity index (χ3v) is 5.73. The summed E-state index contributed by atoms with van der Waals surface area (Å²) in [6, 6.07) is 3.76. The van der Waals surface area contributed by atoms with E-state index in [0.29, 0.717) is 24.6 Å². The second-order valence-electron chi connectivity index (χ2n) is 7.21. The van der Waals surface area contributed by atoms with Crippen molar-refractivity contribution in [2.75, 3.05) is 6.54 Å². The van der Waals surface area contributed by atoms with Gasteiger partial charge in [-0.3, -0.25) is 19.7 Å². The maximum absolute atomic E-state index is 12.8. The summed E-state index contributed by atoms with van der Waals surface area (Å²) < 4.78 is 0. The van der Waals surface area contributed by atoms with Crippen LogP contribution in [0.5, 0.6) is 0 Å². The van der Waals surface area contributed by atoms with Gasteiger partial charge in [0.15, 0.2) is 0 Å². The Balaban J connectivity index is 1.61. The van der Waals surface area contributed by atoms with Crippen LogP contribution in [0, 0.1) is 6.92 Å². The molecule has 0 radical (unpaired) electrons. The second-order valence-corrected chi connectivity index (χ2v) is 7.21. The van der Waals surface area contributed by atoms with Crippen LogP contribution in [0.1, 0.15) is 65.2 Å². The van der Waals surface area contributed by atoms with Gasteiger partial charge in [-0.2, -0.15) is 0 Å². The number of imide groups is 1. The van der Waals surface area contributed by atoms with Gasteiger partial charge < -0.3 is 10.2 Å². The third-order valence-electron chi connectivity index (χ3n) is 5.73. The normalized spacial score (nSPS) is 26.6. The maximum Gasteiger partial charge on any atom is 0.255 e. The van der Waals surface area contributed by atoms with Crippen molar-refractivity contribution in [2.24, 2.45) is 0 Å². The standard InChI is InChI=1S/C19H23N3O3/c1-11-12(15-4-2-3-9-20-15)5-6-13-14(11)10-22(19(13)25)16-7-8-17(23)21-18(16)24/h5-6,15-16,20H,2-4,7-10H2,1H3,(H,21,23,24). The molecule has 0 saturated carbocycles. The van der Waals surface area contributed by atoms with Crippen LogP contribution in [-0.4, -0.2) is 35.2 Å². The molecule has 6 nitrogen and oxygen atoms in total. The molecular formula is C19H23N3O3. The number of carbonyl (C=O) groups is 3. The van der Waals surface area contributed by atoms with E-state index >= 15 is 0 Å². The molecule has 3 aliphatic heterocycles. The van der Waals surface area contributed by atoms with Crippen molar-refractivity contribution in [3.63, 3.8) is 0 Å². The van der Waals surface area contributed by atoms with Gasteiger partial charge in [0, 0.05) is 24.6 Å². The van der Waals surface area contributed by atoms with Crippen LogP contribution >= 0.6 is 0 Å². The molecular weight excluding hydrogens is 318 g/mol. The number of amides is 3. The zero-order valence-corrected chi connectivity index (χ0v) is 14.4. The van der Waals surface area contributed by atoms with Crippen molar-refractivity contribution in [1.29, 1.82) is 0 Å². The van der Waals surface area contributed by atoms with Crippen molar-refractivity contribution < 1.29 is 14.4 Å². The first kappa shape index (κ1) is 16.3. The Labute approximate surface area is 147 Å². The first-order valence-corrected chi connectivity index (χ1v) is 9.06. The van der Waals surface area contributed by atoms with Crippen LogP contribution in [0.15, 0.2) is 12.1 Å². The molecule has 1 aromatic carbocycles. The Bertz CT molecular complexity index is 753. The Morgan fingerprint density at radius 2 is 1.96 bits per heavy atom. The molecule has 1 aromatic rings. The quantitative estimate of drug-likeness (QED) is 0.801. The number of fused-ring (bicyclic) bond motifs is 1. The van der Waals surface area contributed by atoms with Crippen molar-refractivity contribution in [3.05, 3.63) is 34.4 Å². The first-order valence-electron chi connectivity index (χ1n) is 9.06. The molecule has 3 heterocycles. The fourth-order valence-electron chi connectivity index (χ4n) is 4.30. The molecule has 0 aliphatic carbocycles. The minimum atomic E-state index is -0.548. The van der Waals surface area contributed by atoms with E-state index in [9.17, 15) is 14.4 Å². The van der Waals surface area contributed by atoms with Gasteiger partial charge in [-0.1, -0.05) is 12.5 Å². The van der Waals surface area contributed by atoms with Crippen LogP contribution in [-0.2, 0) is 16.1 Å². The molecule has 2 N–H and O–H groups in total. The van der Waals surface area contributed by atoms with Crippen LogP contribution in [0.25, 0.3) is 0 Å². The van der Waals surface area contributed by atoms with Crippen molar-refractivity contribution in [3.8, 4) is 0 Å². The van der Waals surface area contributed by atoms with E-state index in [2.05, 4.69) is 23.6 Å². The first-order chi connectivity index (χ1) is 12.1. The summed E-state index contributed by atoms with van der Waals surface area (Å²) in [7, 11) is 0. The van der Waals surface area contributed by atoms with Crippen molar-refractivity contribution in [2.45, 2.75) is 57.7 Å². The summed E-state index contributed by atoms with van der Waals surface area (Å²) in [4.78, 5) is 37.9. The summed E-state index contributed by atoms with van der Waals surface area (Å²) in [5.74, 6) is -0.716. The molecule has 6 heteroatoms. The predicted octanol–water partition coefficient (Wildman–Crippen LogP) is 1.57. The van der Waals surface area contributed by atoms with Gasteiger partial charge in [-0.15, -0.1) is 0 Å². The fraction of sp³-hybridized carbons (Fsp3) is 0.526. The monoisotopic (exact) mass is 341 g/mol. The van der Waals surface area contributed by atoms with E-state index in [4.69, 9.17) is 0 Å². The van der Waals surface area contributed by atoms with Gasteiger partial charge >= 0.3 is 0 Å². The van der Waals surface area contributed by atoms with Crippen LogP contribution < -0.4 is 10.6 Å². The lowest BCUT2D eigenvalue weighted by Crippen LogP contribution is -2.52. The molecule has 0 aromatic heterocycles. The molecule has 4 rings (SSSR count). The van der Waals surface area contributed by atoms with Gasteiger partial charge in [-0.05, 0) is 55.5 Å². The van der Waals surface area contributed by atoms with E-state index in [0.717, 1.165) is 24.1 Å². The lowest BCUT2D eigenvalue weighted by Gasteiger charge is -2.29. The highest BCUT2D eigenvalue weighted by atomic mass is 16.2. The van der Waals surface area contributed by atoms with Crippen LogP contribution in [0.2, 0.25) is 0 Å². The smallest absolute Gasteiger partial charge is 0.255 e. The van der Waals surface area contributed by atoms with Gasteiger partial charge in [0.25, 0.3) is 5.91 Å². The van der Waals surface area contributed by atoms with E-state index in [1.807, 2.05) is 6.07 Å². The molecule has 2 fully saturated rings. The van der Waals surface area contributed by atoms with Gasteiger partial charge in [0.05, 0.1) is 0 Å². The summed E-state index contributed by atoms with van der Waals surface area (Å²) in [5, 5.41) is 5.91. The van der Waals surface area contributed by atoms with E-state index in [1.54, 1.807) is 4.90 Å². The Hall–Kier alpha value is -2.21. The maximum atomic E-state index is 12.8. The molecule has 132 valence electrons. The lowest BCUT2D eigenvalue weighted by molar-refractivity contribution is -0.136. The number of hydrogen-bond donors (Lipinski definition) is 2. The Morgan fingerprint density at radius 1 is 1.12 bits per heavy atom. The zero-order chi connectivity index (χ0) is 17.6. The van der Waals surface area contributed by atoms with Crippen molar-refractivity contribution in [1.82, 2.24) is 15.5 Å². The molecule has 3 aliphatic rings. The van der Waals surface area contributed by atoms with Gasteiger partial charge in [0.2, 0.25) is 11.8 Å². The summed E-state index contributed by atoms with van der Waals surface area (Å²) >= 11 is 0. The van der Waals surface area contributed by atoms with E-state index in [-0.39, 0.29) is 24.1 Å². The lowest BCUT2D eigenvalue weighted by atomic mass is 9.90. The Kier molecular flexibility index (Phi) is 4.07. The third kappa shape index (κ3) is 2.74. The molecule has 2 atom stereocenters. The Morgan fingerprint density at radius 3 is 2.68 bits per heavy atom. The van der Waals surface area contributed by atoms with Gasteiger partial charge in [-0.25, -0.2) is 0 Å². The highest BCUT2D eigenvalue weighted by Gasteiger charge is 2.40. The van der Waals surface area contributed by atoms with E-state index < -0.39 is 6.04 Å². The molecule has 25 heavy (non-hydrogen) atoms. The number of hydrogen-bond acceptors (Lipinski definition) is 4. The number of carbonyl (C=O) groups excluding carboxylic acids is 3. The number of nitrogens with zero attached hydrogens (tertiary/aromatic N) is 1. The SMILES string of the molecule is Cc1c(C2CCCCN2)ccc2c1CN(C1CCC(=O)NC1=O)C2=O. The topological polar surface area (TPSA) is 78.5 Å².